The van der Waals surface area contributed by atoms with Gasteiger partial charge in [0, 0.05) is 17.9 Å². The zero-order chi connectivity index (χ0) is 25.3. The highest BCUT2D eigenvalue weighted by atomic mass is 16.5. The highest BCUT2D eigenvalue weighted by molar-refractivity contribution is 5.93. The number of hydrogen-bond donors (Lipinski definition) is 2. The Morgan fingerprint density at radius 3 is 2.50 bits per heavy atom. The van der Waals surface area contributed by atoms with E-state index in [-0.39, 0.29) is 5.92 Å². The van der Waals surface area contributed by atoms with Gasteiger partial charge in [-0.1, -0.05) is 38.0 Å². The summed E-state index contributed by atoms with van der Waals surface area (Å²) in [5, 5.41) is 10.1. The molecule has 2 heterocycles. The summed E-state index contributed by atoms with van der Waals surface area (Å²) >= 11 is 0. The summed E-state index contributed by atoms with van der Waals surface area (Å²) in [7, 11) is 0. The number of ether oxygens (including phenoxy) is 1. The molecule has 4 rings (SSSR count). The smallest absolute Gasteiger partial charge is 0.306 e. The van der Waals surface area contributed by atoms with Crippen LogP contribution in [0.1, 0.15) is 46.0 Å². The highest BCUT2D eigenvalue weighted by Crippen LogP contribution is 2.32. The zero-order valence-corrected chi connectivity index (χ0v) is 21.0. The molecule has 0 aliphatic carbocycles. The van der Waals surface area contributed by atoms with E-state index in [2.05, 4.69) is 45.0 Å². The van der Waals surface area contributed by atoms with Crippen molar-refractivity contribution in [2.75, 3.05) is 18.1 Å². The molecule has 2 N–H and O–H groups in total. The molecule has 0 amide bonds. The number of anilines is 2. The molecule has 0 fully saturated rings. The van der Waals surface area contributed by atoms with Crippen LogP contribution in [0, 0.1) is 5.92 Å². The van der Waals surface area contributed by atoms with Crippen molar-refractivity contribution in [2.24, 2.45) is 5.92 Å². The van der Waals surface area contributed by atoms with Crippen LogP contribution in [0.25, 0.3) is 22.3 Å². The molecule has 36 heavy (non-hydrogen) atoms. The molecule has 0 radical (unpaired) electrons. The van der Waals surface area contributed by atoms with Gasteiger partial charge in [-0.05, 0) is 74.2 Å². The molecule has 1 atom stereocenters. The van der Waals surface area contributed by atoms with Crippen molar-refractivity contribution in [1.29, 1.82) is 0 Å². The number of para-hydroxylation sites is 1. The van der Waals surface area contributed by atoms with Gasteiger partial charge in [0.05, 0.1) is 17.9 Å². The minimum Gasteiger partial charge on any atom is -0.494 e. The van der Waals surface area contributed by atoms with Gasteiger partial charge >= 0.3 is 5.97 Å². The Morgan fingerprint density at radius 1 is 1.03 bits per heavy atom. The maximum absolute atomic E-state index is 11.1. The number of nitrogens with one attached hydrogen (secondary N) is 1. The van der Waals surface area contributed by atoms with Gasteiger partial charge in [0.1, 0.15) is 23.5 Å². The van der Waals surface area contributed by atoms with Gasteiger partial charge in [-0.15, -0.1) is 0 Å². The Hall–Kier alpha value is -3.87. The Bertz CT molecular complexity index is 1250. The summed E-state index contributed by atoms with van der Waals surface area (Å²) in [4.78, 5) is 25.8. The molecule has 0 aliphatic heterocycles. The van der Waals surface area contributed by atoms with Crippen LogP contribution >= 0.6 is 0 Å². The summed E-state index contributed by atoms with van der Waals surface area (Å²) in [6.07, 6.45) is 5.82. The number of aromatic nitrogens is 3. The first-order valence-corrected chi connectivity index (χ1v) is 12.7. The number of nitrogens with zero attached hydrogens (tertiary/aromatic N) is 3. The lowest BCUT2D eigenvalue weighted by atomic mass is 9.99. The van der Waals surface area contributed by atoms with E-state index >= 15 is 0 Å². The van der Waals surface area contributed by atoms with E-state index in [1.807, 2.05) is 49.4 Å². The predicted molar refractivity (Wildman–Crippen MR) is 144 cm³/mol. The van der Waals surface area contributed by atoms with Gasteiger partial charge < -0.3 is 19.7 Å². The number of rotatable bonds is 13. The van der Waals surface area contributed by atoms with Crippen LogP contribution in [0.4, 0.5) is 11.5 Å². The molecule has 2 aromatic heterocycles. The molecular formula is C29H34N4O3. The molecule has 0 aliphatic rings. The highest BCUT2D eigenvalue weighted by Gasteiger charge is 2.16. The van der Waals surface area contributed by atoms with Gasteiger partial charge in [0.15, 0.2) is 0 Å². The molecule has 4 aromatic rings. The van der Waals surface area contributed by atoms with Gasteiger partial charge in [0.25, 0.3) is 0 Å². The average molecular weight is 487 g/mol. The van der Waals surface area contributed by atoms with Crippen molar-refractivity contribution in [1.82, 2.24) is 15.0 Å². The second kappa shape index (κ2) is 12.2. The second-order valence-corrected chi connectivity index (χ2v) is 8.89. The van der Waals surface area contributed by atoms with Gasteiger partial charge in [-0.25, -0.2) is 9.97 Å². The Kier molecular flexibility index (Phi) is 8.55. The van der Waals surface area contributed by atoms with Crippen LogP contribution in [0.5, 0.6) is 5.75 Å². The lowest BCUT2D eigenvalue weighted by Crippen LogP contribution is -2.17. The SMILES string of the molecule is CC[C@H](CCCCCOc1ccc(-c2cc3c(N(CC)c4ccccc4)ncnc3[nH]2)cc1)C(=O)O. The molecule has 0 unspecified atom stereocenters. The zero-order valence-electron chi connectivity index (χ0n) is 21.0. The normalized spacial score (nSPS) is 11.9. The Balaban J connectivity index is 1.38. The van der Waals surface area contributed by atoms with E-state index in [4.69, 9.17) is 9.84 Å². The number of aromatic amines is 1. The third-order valence-corrected chi connectivity index (χ3v) is 6.52. The fourth-order valence-corrected chi connectivity index (χ4v) is 4.45. The minimum atomic E-state index is -0.689. The number of hydrogen-bond acceptors (Lipinski definition) is 5. The van der Waals surface area contributed by atoms with Crippen LogP contribution in [-0.2, 0) is 4.79 Å². The van der Waals surface area contributed by atoms with E-state index in [0.29, 0.717) is 13.0 Å². The van der Waals surface area contributed by atoms with Crippen molar-refractivity contribution in [2.45, 2.75) is 46.0 Å². The van der Waals surface area contributed by atoms with E-state index < -0.39 is 5.97 Å². The molecular weight excluding hydrogens is 452 g/mol. The lowest BCUT2D eigenvalue weighted by Gasteiger charge is -2.22. The monoisotopic (exact) mass is 486 g/mol. The van der Waals surface area contributed by atoms with E-state index in [0.717, 1.165) is 71.8 Å². The Morgan fingerprint density at radius 2 is 1.81 bits per heavy atom. The molecule has 7 nitrogen and oxygen atoms in total. The number of unbranched alkanes of at least 4 members (excludes halogenated alkanes) is 2. The largest absolute Gasteiger partial charge is 0.494 e. The van der Waals surface area contributed by atoms with Crippen molar-refractivity contribution in [3.8, 4) is 17.0 Å². The van der Waals surface area contributed by atoms with Gasteiger partial charge in [0.2, 0.25) is 0 Å². The molecule has 0 saturated carbocycles. The number of benzene rings is 2. The topological polar surface area (TPSA) is 91.3 Å². The van der Waals surface area contributed by atoms with Crippen molar-refractivity contribution in [3.63, 3.8) is 0 Å². The minimum absolute atomic E-state index is 0.228. The van der Waals surface area contributed by atoms with Crippen LogP contribution in [0.15, 0.2) is 67.0 Å². The molecule has 0 spiro atoms. The van der Waals surface area contributed by atoms with E-state index in [9.17, 15) is 4.79 Å². The lowest BCUT2D eigenvalue weighted by molar-refractivity contribution is -0.142. The fraction of sp³-hybridized carbons (Fsp3) is 0.345. The summed E-state index contributed by atoms with van der Waals surface area (Å²) in [5.74, 6) is 0.790. The first kappa shape index (κ1) is 25.2. The van der Waals surface area contributed by atoms with Crippen LogP contribution in [0.2, 0.25) is 0 Å². The summed E-state index contributed by atoms with van der Waals surface area (Å²) in [5.41, 5.74) is 3.92. The van der Waals surface area contributed by atoms with Crippen molar-refractivity contribution in [3.05, 3.63) is 67.0 Å². The van der Waals surface area contributed by atoms with E-state index in [1.165, 1.54) is 0 Å². The van der Waals surface area contributed by atoms with Gasteiger partial charge in [-0.2, -0.15) is 0 Å². The predicted octanol–water partition coefficient (Wildman–Crippen LogP) is 6.83. The van der Waals surface area contributed by atoms with Crippen LogP contribution in [0.3, 0.4) is 0 Å². The molecule has 0 bridgehead atoms. The maximum atomic E-state index is 11.1. The third kappa shape index (κ3) is 6.03. The summed E-state index contributed by atoms with van der Waals surface area (Å²) in [6, 6.07) is 20.4. The standard InChI is InChI=1S/C29H34N4O3/c1-3-21(29(34)35)11-7-6-10-18-36-24-16-14-22(15-17-24)26-19-25-27(32-26)30-20-31-28(25)33(4-2)23-12-8-5-9-13-23/h5,8-9,12-17,19-21H,3-4,6-7,10-11,18H2,1-2H3,(H,34,35)(H,30,31,32)/t21-/m1/s1. The first-order chi connectivity index (χ1) is 17.6. The third-order valence-electron chi connectivity index (χ3n) is 6.52. The fourth-order valence-electron chi connectivity index (χ4n) is 4.45. The second-order valence-electron chi connectivity index (χ2n) is 8.89. The van der Waals surface area contributed by atoms with Crippen LogP contribution < -0.4 is 9.64 Å². The van der Waals surface area contributed by atoms with Crippen molar-refractivity contribution < 1.29 is 14.6 Å². The molecule has 2 aromatic carbocycles. The number of carboxylic acid groups (broad SMARTS) is 1. The molecule has 188 valence electrons. The number of fused-ring (bicyclic) bond motifs is 1. The number of carbonyl (C=O) groups is 1. The first-order valence-electron chi connectivity index (χ1n) is 12.7. The van der Waals surface area contributed by atoms with E-state index in [1.54, 1.807) is 6.33 Å². The average Bonchev–Trinajstić information content (AvgIpc) is 3.35. The Labute approximate surface area is 212 Å². The quantitative estimate of drug-likeness (QED) is 0.201. The molecule has 0 saturated heterocycles. The van der Waals surface area contributed by atoms with Crippen LogP contribution in [-0.4, -0.2) is 39.2 Å². The number of carboxylic acids is 1. The maximum Gasteiger partial charge on any atom is 0.306 e. The number of aliphatic carboxylic acids is 1. The summed E-state index contributed by atoms with van der Waals surface area (Å²) in [6.45, 7) is 5.46. The summed E-state index contributed by atoms with van der Waals surface area (Å²) < 4.78 is 5.90. The molecule has 7 heteroatoms. The number of H-pyrrole nitrogens is 1. The van der Waals surface area contributed by atoms with Gasteiger partial charge in [-0.3, -0.25) is 4.79 Å². The van der Waals surface area contributed by atoms with Crippen molar-refractivity contribution >= 4 is 28.5 Å².